The summed E-state index contributed by atoms with van der Waals surface area (Å²) in [5.74, 6) is 0.863. The zero-order valence-electron chi connectivity index (χ0n) is 13.3. The van der Waals surface area contributed by atoms with Crippen LogP contribution < -0.4 is 5.56 Å². The highest BCUT2D eigenvalue weighted by Crippen LogP contribution is 2.29. The fourth-order valence-corrected chi connectivity index (χ4v) is 3.13. The van der Waals surface area contributed by atoms with Gasteiger partial charge in [0.15, 0.2) is 5.52 Å². The van der Waals surface area contributed by atoms with Gasteiger partial charge in [0.2, 0.25) is 0 Å². The Hall–Kier alpha value is -2.56. The smallest absolute Gasteiger partial charge is 0.280 e. The van der Waals surface area contributed by atoms with Crippen LogP contribution in [0.15, 0.2) is 41.5 Å². The molecule has 3 aromatic rings. The number of rotatable bonds is 1. The minimum Gasteiger partial charge on any atom is -0.294 e. The van der Waals surface area contributed by atoms with Crippen LogP contribution in [-0.4, -0.2) is 19.5 Å². The molecule has 0 fully saturated rings. The van der Waals surface area contributed by atoms with Crippen molar-refractivity contribution in [3.8, 4) is 11.3 Å². The highest BCUT2D eigenvalue weighted by atomic mass is 16.1. The second-order valence-corrected chi connectivity index (χ2v) is 6.89. The fraction of sp³-hybridized carbons (Fsp3) is 0.333. The van der Waals surface area contributed by atoms with Crippen molar-refractivity contribution in [3.63, 3.8) is 0 Å². The summed E-state index contributed by atoms with van der Waals surface area (Å²) in [6.07, 6.45) is 5.32. The summed E-state index contributed by atoms with van der Waals surface area (Å²) >= 11 is 0. The fourth-order valence-electron chi connectivity index (χ4n) is 3.13. The third-order valence-electron chi connectivity index (χ3n) is 4.45. The van der Waals surface area contributed by atoms with Gasteiger partial charge in [0.1, 0.15) is 5.82 Å². The van der Waals surface area contributed by atoms with Gasteiger partial charge in [-0.2, -0.15) is 0 Å². The van der Waals surface area contributed by atoms with Gasteiger partial charge in [0.25, 0.3) is 5.56 Å². The van der Waals surface area contributed by atoms with E-state index in [0.717, 1.165) is 29.9 Å². The third-order valence-corrected chi connectivity index (χ3v) is 4.45. The van der Waals surface area contributed by atoms with E-state index in [4.69, 9.17) is 4.98 Å². The molecule has 0 unspecified atom stereocenters. The molecular weight excluding hydrogens is 288 g/mol. The molecule has 0 N–H and O–H groups in total. The predicted molar refractivity (Wildman–Crippen MR) is 89.1 cm³/mol. The lowest BCUT2D eigenvalue weighted by molar-refractivity contribution is 0.240. The quantitative estimate of drug-likeness (QED) is 0.693. The van der Waals surface area contributed by atoms with Crippen LogP contribution in [0.2, 0.25) is 0 Å². The molecule has 0 aromatic carbocycles. The molecule has 3 aromatic heterocycles. The van der Waals surface area contributed by atoms with E-state index in [0.29, 0.717) is 17.6 Å². The van der Waals surface area contributed by atoms with Crippen molar-refractivity contribution >= 4 is 11.0 Å². The van der Waals surface area contributed by atoms with E-state index in [1.54, 1.807) is 17.0 Å². The highest BCUT2D eigenvalue weighted by Gasteiger charge is 2.27. The molecule has 4 heterocycles. The SMILES string of the molecule is CC1(C)CCc2nc3cc(-c4ccccn4)cnc3c(=O)n2C1. The third kappa shape index (κ3) is 2.42. The Labute approximate surface area is 134 Å². The van der Waals surface area contributed by atoms with Crippen LogP contribution in [0.5, 0.6) is 0 Å². The molecule has 0 saturated carbocycles. The van der Waals surface area contributed by atoms with Crippen molar-refractivity contribution in [1.82, 2.24) is 19.5 Å². The molecule has 0 spiro atoms. The van der Waals surface area contributed by atoms with E-state index in [1.807, 2.05) is 24.3 Å². The Morgan fingerprint density at radius 2 is 2.09 bits per heavy atom. The topological polar surface area (TPSA) is 60.7 Å². The summed E-state index contributed by atoms with van der Waals surface area (Å²) in [6, 6.07) is 7.65. The lowest BCUT2D eigenvalue weighted by Crippen LogP contribution is -2.36. The van der Waals surface area contributed by atoms with Gasteiger partial charge in [0.05, 0.1) is 11.2 Å². The largest absolute Gasteiger partial charge is 0.294 e. The first-order valence-electron chi connectivity index (χ1n) is 7.84. The number of hydrogen-bond acceptors (Lipinski definition) is 4. The Balaban J connectivity index is 1.90. The van der Waals surface area contributed by atoms with E-state index in [9.17, 15) is 4.79 Å². The molecule has 5 nitrogen and oxygen atoms in total. The second kappa shape index (κ2) is 4.98. The molecule has 0 bridgehead atoms. The van der Waals surface area contributed by atoms with E-state index in [2.05, 4.69) is 23.8 Å². The van der Waals surface area contributed by atoms with Crippen molar-refractivity contribution in [2.75, 3.05) is 0 Å². The Morgan fingerprint density at radius 1 is 1.22 bits per heavy atom. The average Bonchev–Trinajstić information content (AvgIpc) is 2.56. The molecule has 0 saturated heterocycles. The number of nitrogens with zero attached hydrogens (tertiary/aromatic N) is 4. The molecule has 116 valence electrons. The monoisotopic (exact) mass is 306 g/mol. The van der Waals surface area contributed by atoms with E-state index < -0.39 is 0 Å². The summed E-state index contributed by atoms with van der Waals surface area (Å²) in [5.41, 5.74) is 2.90. The number of aryl methyl sites for hydroxylation is 1. The van der Waals surface area contributed by atoms with Crippen molar-refractivity contribution in [3.05, 3.63) is 52.8 Å². The first-order valence-corrected chi connectivity index (χ1v) is 7.84. The standard InChI is InChI=1S/C18H18N4O/c1-18(2)7-6-15-21-14-9-12(13-5-3-4-8-19-13)10-20-16(14)17(23)22(15)11-18/h3-5,8-10H,6-7,11H2,1-2H3. The lowest BCUT2D eigenvalue weighted by atomic mass is 9.85. The van der Waals surface area contributed by atoms with E-state index in [1.165, 1.54) is 0 Å². The van der Waals surface area contributed by atoms with Crippen LogP contribution in [-0.2, 0) is 13.0 Å². The Kier molecular flexibility index (Phi) is 3.04. The van der Waals surface area contributed by atoms with Crippen molar-refractivity contribution in [1.29, 1.82) is 0 Å². The maximum atomic E-state index is 12.8. The van der Waals surface area contributed by atoms with E-state index >= 15 is 0 Å². The van der Waals surface area contributed by atoms with Crippen molar-refractivity contribution in [2.24, 2.45) is 5.41 Å². The Morgan fingerprint density at radius 3 is 2.87 bits per heavy atom. The van der Waals surface area contributed by atoms with Crippen LogP contribution in [0.3, 0.4) is 0 Å². The molecule has 0 radical (unpaired) electrons. The molecule has 23 heavy (non-hydrogen) atoms. The Bertz CT molecular complexity index is 944. The first kappa shape index (κ1) is 14.1. The molecule has 0 aliphatic carbocycles. The lowest BCUT2D eigenvalue weighted by Gasteiger charge is -2.31. The van der Waals surface area contributed by atoms with Crippen LogP contribution in [0, 0.1) is 5.41 Å². The predicted octanol–water partition coefficient (Wildman–Crippen LogP) is 2.83. The molecule has 5 heteroatoms. The minimum atomic E-state index is -0.0367. The zero-order valence-corrected chi connectivity index (χ0v) is 13.3. The zero-order chi connectivity index (χ0) is 16.0. The van der Waals surface area contributed by atoms with E-state index in [-0.39, 0.29) is 11.0 Å². The molecule has 4 rings (SSSR count). The van der Waals surface area contributed by atoms with Gasteiger partial charge < -0.3 is 0 Å². The summed E-state index contributed by atoms with van der Waals surface area (Å²) in [6.45, 7) is 5.07. The molecular formula is C18H18N4O. The summed E-state index contributed by atoms with van der Waals surface area (Å²) in [5, 5.41) is 0. The molecule has 0 atom stereocenters. The summed E-state index contributed by atoms with van der Waals surface area (Å²) < 4.78 is 1.79. The van der Waals surface area contributed by atoms with Crippen LogP contribution in [0.25, 0.3) is 22.3 Å². The van der Waals surface area contributed by atoms with Crippen LogP contribution >= 0.6 is 0 Å². The maximum absolute atomic E-state index is 12.8. The highest BCUT2D eigenvalue weighted by molar-refractivity contribution is 5.78. The number of pyridine rings is 2. The second-order valence-electron chi connectivity index (χ2n) is 6.89. The van der Waals surface area contributed by atoms with Gasteiger partial charge in [0, 0.05) is 30.9 Å². The number of fused-ring (bicyclic) bond motifs is 2. The normalized spacial score (nSPS) is 16.3. The van der Waals surface area contributed by atoms with Gasteiger partial charge in [-0.1, -0.05) is 19.9 Å². The van der Waals surface area contributed by atoms with Crippen molar-refractivity contribution < 1.29 is 0 Å². The van der Waals surface area contributed by atoms with Crippen LogP contribution in [0.1, 0.15) is 26.1 Å². The average molecular weight is 306 g/mol. The summed E-state index contributed by atoms with van der Waals surface area (Å²) in [4.78, 5) is 26.2. The minimum absolute atomic E-state index is 0.0367. The summed E-state index contributed by atoms with van der Waals surface area (Å²) in [7, 11) is 0. The molecule has 0 amide bonds. The van der Waals surface area contributed by atoms with Gasteiger partial charge in [-0.25, -0.2) is 9.97 Å². The van der Waals surface area contributed by atoms with Gasteiger partial charge in [-0.05, 0) is 30.0 Å². The number of aromatic nitrogens is 4. The van der Waals surface area contributed by atoms with Gasteiger partial charge in [-0.3, -0.25) is 14.3 Å². The van der Waals surface area contributed by atoms with Crippen LogP contribution in [0.4, 0.5) is 0 Å². The van der Waals surface area contributed by atoms with Crippen molar-refractivity contribution in [2.45, 2.75) is 33.2 Å². The first-order chi connectivity index (χ1) is 11.0. The molecule has 1 aliphatic rings. The maximum Gasteiger partial charge on any atom is 0.280 e. The van der Waals surface area contributed by atoms with Gasteiger partial charge >= 0.3 is 0 Å². The van der Waals surface area contributed by atoms with Gasteiger partial charge in [-0.15, -0.1) is 0 Å². The number of hydrogen-bond donors (Lipinski definition) is 0. The molecule has 1 aliphatic heterocycles.